The Morgan fingerprint density at radius 3 is 2.77 bits per heavy atom. The molecule has 0 radical (unpaired) electrons. The van der Waals surface area contributed by atoms with E-state index in [9.17, 15) is 9.59 Å². The number of anilines is 2. The first-order valence-corrected chi connectivity index (χ1v) is 12.0. The maximum absolute atomic E-state index is 12.4. The van der Waals surface area contributed by atoms with Crippen molar-refractivity contribution < 1.29 is 9.59 Å². The second-order valence-electron chi connectivity index (χ2n) is 8.19. The highest BCUT2D eigenvalue weighted by molar-refractivity contribution is 7.99. The van der Waals surface area contributed by atoms with Crippen LogP contribution in [-0.4, -0.2) is 46.9 Å². The molecule has 1 atom stereocenters. The summed E-state index contributed by atoms with van der Waals surface area (Å²) in [5.74, 6) is 1.18. The third-order valence-electron chi connectivity index (χ3n) is 5.64. The number of aromatic nitrogens is 2. The van der Waals surface area contributed by atoms with Gasteiger partial charge in [0.1, 0.15) is 5.03 Å². The van der Waals surface area contributed by atoms with Crippen molar-refractivity contribution in [3.63, 3.8) is 0 Å². The van der Waals surface area contributed by atoms with Crippen molar-refractivity contribution in [2.75, 3.05) is 29.1 Å². The second kappa shape index (κ2) is 10.1. The van der Waals surface area contributed by atoms with Gasteiger partial charge in [0.15, 0.2) is 5.82 Å². The van der Waals surface area contributed by atoms with Crippen molar-refractivity contribution in [2.45, 2.75) is 50.1 Å². The van der Waals surface area contributed by atoms with Gasteiger partial charge in [0.25, 0.3) is 0 Å². The number of piperidine rings is 1. The van der Waals surface area contributed by atoms with Crippen LogP contribution in [0.4, 0.5) is 11.5 Å². The van der Waals surface area contributed by atoms with Crippen molar-refractivity contribution in [1.82, 2.24) is 15.5 Å². The van der Waals surface area contributed by atoms with Crippen LogP contribution in [0, 0.1) is 5.92 Å². The fourth-order valence-corrected chi connectivity index (χ4v) is 4.32. The van der Waals surface area contributed by atoms with Gasteiger partial charge in [-0.15, -0.1) is 10.2 Å². The lowest BCUT2D eigenvalue weighted by Gasteiger charge is -2.32. The largest absolute Gasteiger partial charge is 0.354 e. The number of hydrogen-bond acceptors (Lipinski definition) is 6. The van der Waals surface area contributed by atoms with Gasteiger partial charge in [0.2, 0.25) is 11.8 Å². The first-order chi connectivity index (χ1) is 15.1. The molecule has 164 valence electrons. The molecule has 8 heteroatoms. The second-order valence-corrected chi connectivity index (χ2v) is 9.18. The zero-order valence-corrected chi connectivity index (χ0v) is 18.7. The normalized spacial score (nSPS) is 18.5. The molecule has 31 heavy (non-hydrogen) atoms. The van der Waals surface area contributed by atoms with Crippen LogP contribution in [0.3, 0.4) is 0 Å². The van der Waals surface area contributed by atoms with E-state index < -0.39 is 0 Å². The topological polar surface area (TPSA) is 87.2 Å². The summed E-state index contributed by atoms with van der Waals surface area (Å²) in [4.78, 5) is 26.8. The number of carbonyl (C=O) groups is 2. The molecule has 7 nitrogen and oxygen atoms in total. The predicted octanol–water partition coefficient (Wildman–Crippen LogP) is 3.26. The summed E-state index contributed by atoms with van der Waals surface area (Å²) < 4.78 is 0. The molecule has 2 N–H and O–H groups in total. The Balaban J connectivity index is 1.26. The molecule has 1 saturated carbocycles. The smallest absolute Gasteiger partial charge is 0.234 e. The Morgan fingerprint density at radius 2 is 2.03 bits per heavy atom. The van der Waals surface area contributed by atoms with Gasteiger partial charge in [-0.3, -0.25) is 9.59 Å². The average molecular weight is 440 g/mol. The van der Waals surface area contributed by atoms with Crippen LogP contribution in [0.5, 0.6) is 0 Å². The summed E-state index contributed by atoms with van der Waals surface area (Å²) in [5.41, 5.74) is 2.01. The standard InChI is InChI=1S/C23H29N5O2S/c1-2-16-5-3-7-19(13-16)24-21(29)15-31-22-11-10-20(26-27-22)28-12-4-6-17(14-28)23(30)25-18-8-9-18/h3,5,7,10-11,13,17-18H,2,4,6,8-9,12,14-15H2,1H3,(H,24,29)(H,25,30)/t17-/m1/s1. The molecular weight excluding hydrogens is 410 g/mol. The van der Waals surface area contributed by atoms with Gasteiger partial charge < -0.3 is 15.5 Å². The summed E-state index contributed by atoms with van der Waals surface area (Å²) in [5, 5.41) is 15.4. The van der Waals surface area contributed by atoms with E-state index in [1.807, 2.05) is 36.4 Å². The number of nitrogens with zero attached hydrogens (tertiary/aromatic N) is 3. The summed E-state index contributed by atoms with van der Waals surface area (Å²) >= 11 is 1.36. The van der Waals surface area contributed by atoms with Gasteiger partial charge in [-0.2, -0.15) is 0 Å². The van der Waals surface area contributed by atoms with Crippen LogP contribution in [0.25, 0.3) is 0 Å². The Hall–Kier alpha value is -2.61. The SMILES string of the molecule is CCc1cccc(NC(=O)CSc2ccc(N3CCC[C@@H](C(=O)NC4CC4)C3)nn2)c1. The van der Waals surface area contributed by atoms with Crippen molar-refractivity contribution in [3.8, 4) is 0 Å². The Labute approximate surface area is 187 Å². The average Bonchev–Trinajstić information content (AvgIpc) is 3.62. The molecule has 2 amide bonds. The lowest BCUT2D eigenvalue weighted by atomic mass is 9.97. The number of rotatable bonds is 8. The van der Waals surface area contributed by atoms with Crippen molar-refractivity contribution in [2.24, 2.45) is 5.92 Å². The fraction of sp³-hybridized carbons (Fsp3) is 0.478. The molecule has 1 aliphatic carbocycles. The number of carbonyl (C=O) groups excluding carboxylic acids is 2. The van der Waals surface area contributed by atoms with E-state index >= 15 is 0 Å². The van der Waals surface area contributed by atoms with Crippen LogP contribution >= 0.6 is 11.8 Å². The minimum Gasteiger partial charge on any atom is -0.354 e. The van der Waals surface area contributed by atoms with Crippen LogP contribution in [-0.2, 0) is 16.0 Å². The van der Waals surface area contributed by atoms with Gasteiger partial charge in [0.05, 0.1) is 11.7 Å². The molecule has 0 bridgehead atoms. The van der Waals surface area contributed by atoms with Gasteiger partial charge >= 0.3 is 0 Å². The number of nitrogens with one attached hydrogen (secondary N) is 2. The maximum atomic E-state index is 12.4. The molecule has 2 fully saturated rings. The molecule has 1 aliphatic heterocycles. The van der Waals surface area contributed by atoms with E-state index in [4.69, 9.17) is 0 Å². The number of amides is 2. The highest BCUT2D eigenvalue weighted by Crippen LogP contribution is 2.25. The van der Waals surface area contributed by atoms with Crippen LogP contribution in [0.1, 0.15) is 38.2 Å². The van der Waals surface area contributed by atoms with E-state index in [0.29, 0.717) is 17.6 Å². The van der Waals surface area contributed by atoms with Gasteiger partial charge in [-0.1, -0.05) is 30.8 Å². The maximum Gasteiger partial charge on any atom is 0.234 e. The third-order valence-corrected chi connectivity index (χ3v) is 6.56. The minimum absolute atomic E-state index is 0.0140. The van der Waals surface area contributed by atoms with Crippen molar-refractivity contribution >= 4 is 35.1 Å². The monoisotopic (exact) mass is 439 g/mol. The molecule has 0 spiro atoms. The zero-order chi connectivity index (χ0) is 21.6. The number of aryl methyl sites for hydroxylation is 1. The fourth-order valence-electron chi connectivity index (χ4n) is 3.71. The lowest BCUT2D eigenvalue weighted by molar-refractivity contribution is -0.125. The van der Waals surface area contributed by atoms with E-state index in [1.54, 1.807) is 0 Å². The number of benzene rings is 1. The molecule has 0 unspecified atom stereocenters. The van der Waals surface area contributed by atoms with Crippen LogP contribution in [0.15, 0.2) is 41.4 Å². The molecule has 2 heterocycles. The van der Waals surface area contributed by atoms with E-state index in [2.05, 4.69) is 32.7 Å². The Morgan fingerprint density at radius 1 is 1.16 bits per heavy atom. The van der Waals surface area contributed by atoms with Crippen molar-refractivity contribution in [3.05, 3.63) is 42.0 Å². The Kier molecular flexibility index (Phi) is 7.06. The van der Waals surface area contributed by atoms with Gasteiger partial charge in [-0.25, -0.2) is 0 Å². The molecule has 1 saturated heterocycles. The molecule has 4 rings (SSSR count). The van der Waals surface area contributed by atoms with Gasteiger partial charge in [-0.05, 0) is 61.9 Å². The quantitative estimate of drug-likeness (QED) is 0.614. The Bertz CT molecular complexity index is 916. The zero-order valence-electron chi connectivity index (χ0n) is 17.8. The molecule has 1 aromatic heterocycles. The van der Waals surface area contributed by atoms with E-state index in [1.165, 1.54) is 17.3 Å². The number of thioether (sulfide) groups is 1. The van der Waals surface area contributed by atoms with Crippen LogP contribution in [0.2, 0.25) is 0 Å². The molecule has 1 aromatic carbocycles. The third kappa shape index (κ3) is 6.19. The summed E-state index contributed by atoms with van der Waals surface area (Å²) in [6, 6.07) is 12.1. The highest BCUT2D eigenvalue weighted by Gasteiger charge is 2.30. The number of hydrogen-bond donors (Lipinski definition) is 2. The summed E-state index contributed by atoms with van der Waals surface area (Å²) in [6.07, 6.45) is 5.04. The van der Waals surface area contributed by atoms with Gasteiger partial charge in [0, 0.05) is 24.8 Å². The summed E-state index contributed by atoms with van der Waals surface area (Å²) in [7, 11) is 0. The van der Waals surface area contributed by atoms with E-state index in [-0.39, 0.29) is 23.5 Å². The summed E-state index contributed by atoms with van der Waals surface area (Å²) in [6.45, 7) is 3.65. The predicted molar refractivity (Wildman–Crippen MR) is 123 cm³/mol. The van der Waals surface area contributed by atoms with Crippen LogP contribution < -0.4 is 15.5 Å². The molecule has 2 aliphatic rings. The molecular formula is C23H29N5O2S. The molecule has 2 aromatic rings. The first-order valence-electron chi connectivity index (χ1n) is 11.0. The lowest BCUT2D eigenvalue weighted by Crippen LogP contribution is -2.44. The highest BCUT2D eigenvalue weighted by atomic mass is 32.2. The van der Waals surface area contributed by atoms with E-state index in [0.717, 1.165) is 50.2 Å². The first kappa shape index (κ1) is 21.6. The minimum atomic E-state index is -0.0651. The van der Waals surface area contributed by atoms with Crippen molar-refractivity contribution in [1.29, 1.82) is 0 Å².